The van der Waals surface area contributed by atoms with Gasteiger partial charge in [0.25, 0.3) is 0 Å². The summed E-state index contributed by atoms with van der Waals surface area (Å²) < 4.78 is 4.86. The number of pyridine rings is 1. The molecule has 0 unspecified atom stereocenters. The molecule has 15 heteroatoms. The summed E-state index contributed by atoms with van der Waals surface area (Å²) in [4.78, 5) is 64.5. The smallest absolute Gasteiger partial charge is 0.409 e. The van der Waals surface area contributed by atoms with Gasteiger partial charge in [0.1, 0.15) is 5.82 Å². The summed E-state index contributed by atoms with van der Waals surface area (Å²) in [5.74, 6) is -1.63. The Kier molecular flexibility index (Phi) is 9.65. The highest BCUT2D eigenvalue weighted by atomic mass is 35.5. The molecule has 1 saturated heterocycles. The maximum absolute atomic E-state index is 12.7. The van der Waals surface area contributed by atoms with Gasteiger partial charge in [0.15, 0.2) is 5.13 Å². The van der Waals surface area contributed by atoms with Crippen LogP contribution in [0.2, 0.25) is 5.02 Å². The molecule has 2 N–H and O–H groups in total. The fourth-order valence-electron chi connectivity index (χ4n) is 4.22. The van der Waals surface area contributed by atoms with E-state index >= 15 is 0 Å². The number of aromatic nitrogens is 2. The Balaban J connectivity index is 0.00000380. The zero-order valence-corrected chi connectivity index (χ0v) is 22.6. The van der Waals surface area contributed by atoms with Gasteiger partial charge in [-0.1, -0.05) is 22.9 Å². The third kappa shape index (κ3) is 6.66. The molecule has 0 spiro atoms. The van der Waals surface area contributed by atoms with Gasteiger partial charge in [-0.05, 0) is 25.6 Å². The predicted molar refractivity (Wildman–Crippen MR) is 140 cm³/mol. The number of fused-ring (bicyclic) bond motifs is 1. The Hall–Kier alpha value is -3.00. The van der Waals surface area contributed by atoms with E-state index in [1.54, 1.807) is 0 Å². The van der Waals surface area contributed by atoms with Gasteiger partial charge in [-0.25, -0.2) is 14.8 Å². The topological polar surface area (TPSA) is 137 Å². The van der Waals surface area contributed by atoms with Crippen molar-refractivity contribution in [2.45, 2.75) is 31.5 Å². The van der Waals surface area contributed by atoms with Crippen LogP contribution in [0.15, 0.2) is 18.3 Å². The highest BCUT2D eigenvalue weighted by Crippen LogP contribution is 2.32. The SMILES string of the molecule is COC(=O)N1CC[C@H](NC(=O)C(=O)Nc2ccc(Cl)cn2)[C@H](N(C=O)c2nc3c(s2)CN(C)CC3)C1.Cl. The van der Waals surface area contributed by atoms with Crippen molar-refractivity contribution >= 4 is 70.6 Å². The van der Waals surface area contributed by atoms with E-state index in [1.165, 1.54) is 46.6 Å². The molecule has 2 atom stereocenters. The lowest BCUT2D eigenvalue weighted by atomic mass is 9.98. The lowest BCUT2D eigenvalue weighted by Crippen LogP contribution is -2.62. The number of nitrogens with one attached hydrogen (secondary N) is 2. The average Bonchev–Trinajstić information content (AvgIpc) is 3.28. The summed E-state index contributed by atoms with van der Waals surface area (Å²) in [5.41, 5.74) is 0.941. The summed E-state index contributed by atoms with van der Waals surface area (Å²) in [6, 6.07) is 1.73. The molecule has 4 amide bonds. The Labute approximate surface area is 228 Å². The number of methoxy groups -OCH3 is 1. The molecule has 0 saturated carbocycles. The molecule has 2 aromatic rings. The van der Waals surface area contributed by atoms with Gasteiger partial charge in [0, 0.05) is 43.7 Å². The Morgan fingerprint density at radius 1 is 1.27 bits per heavy atom. The molecule has 2 aromatic heterocycles. The van der Waals surface area contributed by atoms with E-state index in [0.717, 1.165) is 30.1 Å². The van der Waals surface area contributed by atoms with Gasteiger partial charge in [-0.15, -0.1) is 12.4 Å². The van der Waals surface area contributed by atoms with Crippen LogP contribution >= 0.6 is 35.3 Å². The van der Waals surface area contributed by atoms with Gasteiger partial charge >= 0.3 is 17.9 Å². The van der Waals surface area contributed by atoms with Crippen molar-refractivity contribution in [1.29, 1.82) is 0 Å². The molecule has 2 aliphatic rings. The van der Waals surface area contributed by atoms with Crippen LogP contribution in [0.1, 0.15) is 17.0 Å². The molecular formula is C22H27Cl2N7O5S. The van der Waals surface area contributed by atoms with Crippen LogP contribution in [0, 0.1) is 0 Å². The number of hydrogen-bond acceptors (Lipinski definition) is 9. The van der Waals surface area contributed by atoms with E-state index < -0.39 is 30.0 Å². The molecule has 200 valence electrons. The number of likely N-dealkylation sites (N-methyl/N-ethyl adjacent to an activating group) is 1. The molecular weight excluding hydrogens is 545 g/mol. The number of carbonyl (C=O) groups is 4. The lowest BCUT2D eigenvalue weighted by Gasteiger charge is -2.41. The Morgan fingerprint density at radius 3 is 2.73 bits per heavy atom. The molecule has 2 aliphatic heterocycles. The summed E-state index contributed by atoms with van der Waals surface area (Å²) >= 11 is 7.21. The molecule has 0 aromatic carbocycles. The van der Waals surface area contributed by atoms with Gasteiger partial charge < -0.3 is 25.2 Å². The zero-order chi connectivity index (χ0) is 25.8. The van der Waals surface area contributed by atoms with E-state index in [-0.39, 0.29) is 31.3 Å². The van der Waals surface area contributed by atoms with Crippen LogP contribution in [0.3, 0.4) is 0 Å². The van der Waals surface area contributed by atoms with Gasteiger partial charge in [-0.2, -0.15) is 0 Å². The van der Waals surface area contributed by atoms with E-state index in [1.807, 2.05) is 7.05 Å². The van der Waals surface area contributed by atoms with Crippen LogP contribution in [0.5, 0.6) is 0 Å². The number of thiazole rings is 1. The average molecular weight is 572 g/mol. The second-order valence-electron chi connectivity index (χ2n) is 8.53. The number of hydrogen-bond donors (Lipinski definition) is 2. The Morgan fingerprint density at radius 2 is 2.05 bits per heavy atom. The van der Waals surface area contributed by atoms with Crippen LogP contribution in [0.25, 0.3) is 0 Å². The molecule has 1 fully saturated rings. The number of rotatable bonds is 5. The second-order valence-corrected chi connectivity index (χ2v) is 10.0. The molecule has 12 nitrogen and oxygen atoms in total. The van der Waals surface area contributed by atoms with Crippen LogP contribution < -0.4 is 15.5 Å². The minimum atomic E-state index is -0.913. The Bertz CT molecular complexity index is 1150. The van der Waals surface area contributed by atoms with E-state index in [4.69, 9.17) is 16.3 Å². The van der Waals surface area contributed by atoms with Gasteiger partial charge in [0.05, 0.1) is 29.9 Å². The first-order valence-electron chi connectivity index (χ1n) is 11.3. The number of carbonyl (C=O) groups excluding carboxylic acids is 4. The molecule has 0 aliphatic carbocycles. The van der Waals surface area contributed by atoms with E-state index in [9.17, 15) is 19.2 Å². The maximum Gasteiger partial charge on any atom is 0.409 e. The maximum atomic E-state index is 12.7. The van der Waals surface area contributed by atoms with E-state index in [0.29, 0.717) is 23.0 Å². The third-order valence-corrected chi connectivity index (χ3v) is 7.43. The second kappa shape index (κ2) is 12.5. The molecule has 0 bridgehead atoms. The predicted octanol–water partition coefficient (Wildman–Crippen LogP) is 1.53. The van der Waals surface area contributed by atoms with Crippen molar-refractivity contribution in [1.82, 2.24) is 25.1 Å². The molecule has 37 heavy (non-hydrogen) atoms. The number of anilines is 2. The standard InChI is InChI=1S/C22H26ClN7O5S.ClH/c1-28-7-5-15-17(11-28)36-21(26-15)30(12-31)16-10-29(22(34)35-2)8-6-14(16)25-19(32)20(33)27-18-4-3-13(23)9-24-18;/h3-4,9,12,14,16H,5-8,10-11H2,1-2H3,(H,25,32)(H,24,27,33);1H/t14-,16+;/m0./s1. The largest absolute Gasteiger partial charge is 0.453 e. The number of amides is 4. The van der Waals surface area contributed by atoms with Crippen LogP contribution in [-0.4, -0.2) is 90.0 Å². The number of piperidine rings is 1. The highest BCUT2D eigenvalue weighted by Gasteiger charge is 2.39. The molecule has 4 rings (SSSR count). The van der Waals surface area contributed by atoms with Gasteiger partial charge in [-0.3, -0.25) is 19.3 Å². The van der Waals surface area contributed by atoms with Crippen molar-refractivity contribution < 1.29 is 23.9 Å². The zero-order valence-electron chi connectivity index (χ0n) is 20.2. The highest BCUT2D eigenvalue weighted by molar-refractivity contribution is 7.15. The molecule has 0 radical (unpaired) electrons. The van der Waals surface area contributed by atoms with Crippen molar-refractivity contribution in [3.8, 4) is 0 Å². The van der Waals surface area contributed by atoms with Crippen molar-refractivity contribution in [3.05, 3.63) is 33.9 Å². The number of ether oxygens (including phenoxy) is 1. The number of likely N-dealkylation sites (tertiary alicyclic amines) is 1. The van der Waals surface area contributed by atoms with Crippen LogP contribution in [0.4, 0.5) is 15.7 Å². The fraction of sp³-hybridized carbons (Fsp3) is 0.455. The van der Waals surface area contributed by atoms with Crippen LogP contribution in [-0.2, 0) is 32.1 Å². The van der Waals surface area contributed by atoms with Crippen molar-refractivity contribution in [3.63, 3.8) is 0 Å². The quantitative estimate of drug-likeness (QED) is 0.407. The van der Waals surface area contributed by atoms with Gasteiger partial charge in [0.2, 0.25) is 6.41 Å². The van der Waals surface area contributed by atoms with E-state index in [2.05, 4.69) is 25.5 Å². The number of halogens is 2. The monoisotopic (exact) mass is 571 g/mol. The molecule has 4 heterocycles. The summed E-state index contributed by atoms with van der Waals surface area (Å²) in [6.45, 7) is 1.98. The first-order valence-corrected chi connectivity index (χ1v) is 12.5. The summed E-state index contributed by atoms with van der Waals surface area (Å²) in [5, 5.41) is 6.01. The first kappa shape index (κ1) is 28.6. The fourth-order valence-corrected chi connectivity index (χ4v) is 5.54. The first-order chi connectivity index (χ1) is 17.3. The summed E-state index contributed by atoms with van der Waals surface area (Å²) in [7, 11) is 3.30. The minimum absolute atomic E-state index is 0. The lowest BCUT2D eigenvalue weighted by molar-refractivity contribution is -0.136. The van der Waals surface area contributed by atoms with Crippen molar-refractivity contribution in [2.75, 3.05) is 44.0 Å². The minimum Gasteiger partial charge on any atom is -0.453 e. The number of nitrogens with zero attached hydrogens (tertiary/aromatic N) is 5. The summed E-state index contributed by atoms with van der Waals surface area (Å²) in [6.07, 6.45) is 2.53. The van der Waals surface area contributed by atoms with Crippen molar-refractivity contribution in [2.24, 2.45) is 0 Å². The third-order valence-electron chi connectivity index (χ3n) is 6.11. The normalized spacial score (nSPS) is 19.2.